The molecule has 0 aromatic heterocycles. The van der Waals surface area contributed by atoms with Crippen molar-refractivity contribution in [3.8, 4) is 12.3 Å². The Kier molecular flexibility index (Phi) is 3.74. The van der Waals surface area contributed by atoms with Crippen LogP contribution in [0.3, 0.4) is 0 Å². The van der Waals surface area contributed by atoms with E-state index in [9.17, 15) is 8.42 Å². The van der Waals surface area contributed by atoms with Crippen molar-refractivity contribution < 1.29 is 12.6 Å². The van der Waals surface area contributed by atoms with Crippen molar-refractivity contribution in [1.82, 2.24) is 0 Å². The fraction of sp³-hybridized carbons (Fsp3) is 0.429. The summed E-state index contributed by atoms with van der Waals surface area (Å²) in [6.07, 6.45) is 7.00. The van der Waals surface area contributed by atoms with Gasteiger partial charge in [-0.3, -0.25) is 4.18 Å². The molecule has 0 unspecified atom stereocenters. The molecule has 0 aliphatic heterocycles. The molecular weight excluding hydrogens is 248 g/mol. The molecule has 0 atom stereocenters. The van der Waals surface area contributed by atoms with Gasteiger partial charge in [-0.1, -0.05) is 17.7 Å². The number of rotatable bonds is 4. The lowest BCUT2D eigenvalue weighted by Gasteiger charge is -2.31. The van der Waals surface area contributed by atoms with E-state index in [-0.39, 0.29) is 17.4 Å². The molecule has 2 rings (SSSR count). The average Bonchev–Trinajstić information content (AvgIpc) is 2.28. The van der Waals surface area contributed by atoms with Gasteiger partial charge < -0.3 is 0 Å². The maximum atomic E-state index is 11.9. The second-order valence-corrected chi connectivity index (χ2v) is 6.37. The number of aryl methyl sites for hydroxylation is 1. The summed E-state index contributed by atoms with van der Waals surface area (Å²) >= 11 is 0. The van der Waals surface area contributed by atoms with Crippen LogP contribution in [0.5, 0.6) is 0 Å². The highest BCUT2D eigenvalue weighted by Gasteiger charge is 2.29. The van der Waals surface area contributed by atoms with Gasteiger partial charge in [-0.15, -0.1) is 12.3 Å². The molecule has 1 saturated carbocycles. The molecule has 0 N–H and O–H groups in total. The Labute approximate surface area is 108 Å². The minimum absolute atomic E-state index is 0.209. The van der Waals surface area contributed by atoms with E-state index in [1.165, 1.54) is 0 Å². The molecule has 96 valence electrons. The van der Waals surface area contributed by atoms with Crippen molar-refractivity contribution in [2.45, 2.75) is 24.7 Å². The third-order valence-electron chi connectivity index (χ3n) is 3.24. The van der Waals surface area contributed by atoms with E-state index in [0.717, 1.165) is 18.4 Å². The standard InChI is InChI=1S/C14H16O3S/c1-3-12-8-13(9-12)10-17-18(15,16)14-6-4-11(2)5-7-14/h1,4-7,12-13H,8-10H2,2H3. The van der Waals surface area contributed by atoms with Crippen molar-refractivity contribution in [3.63, 3.8) is 0 Å². The fourth-order valence-electron chi connectivity index (χ4n) is 1.97. The maximum absolute atomic E-state index is 11.9. The summed E-state index contributed by atoms with van der Waals surface area (Å²) in [6, 6.07) is 6.65. The Morgan fingerprint density at radius 1 is 1.33 bits per heavy atom. The SMILES string of the molecule is C#CC1CC(COS(=O)(=O)c2ccc(C)cc2)C1. The summed E-state index contributed by atoms with van der Waals surface area (Å²) in [4.78, 5) is 0.209. The van der Waals surface area contributed by atoms with Gasteiger partial charge in [0.2, 0.25) is 0 Å². The molecule has 0 radical (unpaired) electrons. The first-order chi connectivity index (χ1) is 8.51. The Morgan fingerprint density at radius 2 is 1.94 bits per heavy atom. The zero-order valence-corrected chi connectivity index (χ0v) is 11.1. The van der Waals surface area contributed by atoms with Crippen LogP contribution in [0.4, 0.5) is 0 Å². The van der Waals surface area contributed by atoms with Crippen LogP contribution in [0.1, 0.15) is 18.4 Å². The Balaban J connectivity index is 1.92. The number of terminal acetylenes is 1. The van der Waals surface area contributed by atoms with Gasteiger partial charge in [0.15, 0.2) is 0 Å². The van der Waals surface area contributed by atoms with Crippen LogP contribution in [-0.2, 0) is 14.3 Å². The molecule has 0 spiro atoms. The van der Waals surface area contributed by atoms with Crippen molar-refractivity contribution in [2.24, 2.45) is 11.8 Å². The van der Waals surface area contributed by atoms with Gasteiger partial charge in [0.05, 0.1) is 11.5 Å². The molecule has 0 heterocycles. The lowest BCUT2D eigenvalue weighted by Crippen LogP contribution is -2.27. The van der Waals surface area contributed by atoms with Crippen molar-refractivity contribution in [1.29, 1.82) is 0 Å². The first-order valence-electron chi connectivity index (χ1n) is 5.93. The molecule has 1 aliphatic carbocycles. The normalized spacial score (nSPS) is 23.1. The van der Waals surface area contributed by atoms with Crippen molar-refractivity contribution in [2.75, 3.05) is 6.61 Å². The summed E-state index contributed by atoms with van der Waals surface area (Å²) in [7, 11) is -3.62. The zero-order valence-electron chi connectivity index (χ0n) is 10.3. The smallest absolute Gasteiger partial charge is 0.266 e. The van der Waals surface area contributed by atoms with E-state index >= 15 is 0 Å². The summed E-state index contributed by atoms with van der Waals surface area (Å²) in [5.41, 5.74) is 1.02. The van der Waals surface area contributed by atoms with E-state index in [2.05, 4.69) is 5.92 Å². The van der Waals surface area contributed by atoms with Gasteiger partial charge in [-0.25, -0.2) is 0 Å². The molecule has 1 aliphatic rings. The third-order valence-corrected chi connectivity index (χ3v) is 4.54. The number of hydrogen-bond acceptors (Lipinski definition) is 3. The molecule has 18 heavy (non-hydrogen) atoms. The molecule has 0 saturated heterocycles. The highest BCUT2D eigenvalue weighted by atomic mass is 32.2. The van der Waals surface area contributed by atoms with E-state index in [1.807, 2.05) is 6.92 Å². The quantitative estimate of drug-likeness (QED) is 0.619. The Morgan fingerprint density at radius 3 is 2.50 bits per heavy atom. The fourth-order valence-corrected chi connectivity index (χ4v) is 2.94. The molecule has 3 nitrogen and oxygen atoms in total. The summed E-state index contributed by atoms with van der Waals surface area (Å²) in [6.45, 7) is 2.14. The highest BCUT2D eigenvalue weighted by Crippen LogP contribution is 2.33. The van der Waals surface area contributed by atoms with Gasteiger partial charge in [-0.2, -0.15) is 8.42 Å². The monoisotopic (exact) mass is 264 g/mol. The predicted molar refractivity (Wildman–Crippen MR) is 69.4 cm³/mol. The van der Waals surface area contributed by atoms with Gasteiger partial charge in [0.25, 0.3) is 10.1 Å². The maximum Gasteiger partial charge on any atom is 0.296 e. The molecule has 4 heteroatoms. The van der Waals surface area contributed by atoms with Crippen LogP contribution in [0.25, 0.3) is 0 Å². The second-order valence-electron chi connectivity index (χ2n) is 4.75. The van der Waals surface area contributed by atoms with Crippen LogP contribution in [-0.4, -0.2) is 15.0 Å². The van der Waals surface area contributed by atoms with E-state index in [1.54, 1.807) is 24.3 Å². The zero-order chi connectivity index (χ0) is 13.2. The van der Waals surface area contributed by atoms with Crippen molar-refractivity contribution >= 4 is 10.1 Å². The molecule has 1 aromatic carbocycles. The molecule has 1 fully saturated rings. The van der Waals surface area contributed by atoms with Crippen LogP contribution in [0.15, 0.2) is 29.2 Å². The van der Waals surface area contributed by atoms with Crippen LogP contribution < -0.4 is 0 Å². The van der Waals surface area contributed by atoms with Crippen LogP contribution >= 0.6 is 0 Å². The van der Waals surface area contributed by atoms with Crippen molar-refractivity contribution in [3.05, 3.63) is 29.8 Å². The van der Waals surface area contributed by atoms with E-state index in [0.29, 0.717) is 5.92 Å². The van der Waals surface area contributed by atoms with E-state index < -0.39 is 10.1 Å². The minimum Gasteiger partial charge on any atom is -0.266 e. The Bertz CT molecular complexity index is 546. The number of benzene rings is 1. The van der Waals surface area contributed by atoms with Gasteiger partial charge in [-0.05, 0) is 37.8 Å². The first kappa shape index (κ1) is 13.1. The number of hydrogen-bond donors (Lipinski definition) is 0. The second kappa shape index (κ2) is 5.13. The predicted octanol–water partition coefficient (Wildman–Crippen LogP) is 2.36. The lowest BCUT2D eigenvalue weighted by atomic mass is 9.76. The van der Waals surface area contributed by atoms with Crippen LogP contribution in [0, 0.1) is 31.1 Å². The van der Waals surface area contributed by atoms with Crippen LogP contribution in [0.2, 0.25) is 0 Å². The largest absolute Gasteiger partial charge is 0.296 e. The lowest BCUT2D eigenvalue weighted by molar-refractivity contribution is 0.154. The Hall–Kier alpha value is -1.31. The molecule has 1 aromatic rings. The summed E-state index contributed by atoms with van der Waals surface area (Å²) in [5.74, 6) is 3.22. The summed E-state index contributed by atoms with van der Waals surface area (Å²) in [5, 5.41) is 0. The molecule has 0 bridgehead atoms. The van der Waals surface area contributed by atoms with Gasteiger partial charge in [0.1, 0.15) is 0 Å². The topological polar surface area (TPSA) is 43.4 Å². The average molecular weight is 264 g/mol. The molecule has 0 amide bonds. The third kappa shape index (κ3) is 2.92. The van der Waals surface area contributed by atoms with E-state index in [4.69, 9.17) is 10.6 Å². The van der Waals surface area contributed by atoms with Gasteiger partial charge >= 0.3 is 0 Å². The van der Waals surface area contributed by atoms with Gasteiger partial charge in [0, 0.05) is 5.92 Å². The molecular formula is C14H16O3S. The summed E-state index contributed by atoms with van der Waals surface area (Å²) < 4.78 is 28.8. The first-order valence-corrected chi connectivity index (χ1v) is 7.34. The minimum atomic E-state index is -3.62. The highest BCUT2D eigenvalue weighted by molar-refractivity contribution is 7.86.